The highest BCUT2D eigenvalue weighted by Crippen LogP contribution is 2.24. The number of hydrogen-bond donors (Lipinski definition) is 1. The molecule has 2 rings (SSSR count). The van der Waals surface area contributed by atoms with Gasteiger partial charge in [0.15, 0.2) is 0 Å². The van der Waals surface area contributed by atoms with E-state index in [1.165, 1.54) is 31.2 Å². The minimum Gasteiger partial charge on any atom is -0.489 e. The van der Waals surface area contributed by atoms with Crippen LogP contribution in [0.5, 0.6) is 5.75 Å². The molecule has 2 nitrogen and oxygen atoms in total. The lowest BCUT2D eigenvalue weighted by Gasteiger charge is -2.11. The second-order valence-electron chi connectivity index (χ2n) is 4.35. The van der Waals surface area contributed by atoms with Crippen molar-refractivity contribution in [3.05, 3.63) is 64.2 Å². The van der Waals surface area contributed by atoms with Crippen molar-refractivity contribution in [1.29, 1.82) is 0 Å². The number of aliphatic hydroxyl groups is 1. The van der Waals surface area contributed by atoms with E-state index in [0.717, 1.165) is 6.07 Å². The summed E-state index contributed by atoms with van der Waals surface area (Å²) in [5.74, 6) is -0.804. The monoisotopic (exact) mass is 298 g/mol. The predicted molar refractivity (Wildman–Crippen MR) is 72.8 cm³/mol. The molecule has 1 N–H and O–H groups in total. The van der Waals surface area contributed by atoms with Crippen LogP contribution >= 0.6 is 11.6 Å². The lowest BCUT2D eigenvalue weighted by atomic mass is 10.1. The first kappa shape index (κ1) is 14.8. The molecule has 1 atom stereocenters. The van der Waals surface area contributed by atoms with Crippen molar-refractivity contribution in [2.24, 2.45) is 0 Å². The largest absolute Gasteiger partial charge is 0.489 e. The first-order valence-electron chi connectivity index (χ1n) is 6.02. The Balaban J connectivity index is 2.14. The second kappa shape index (κ2) is 6.20. The van der Waals surface area contributed by atoms with Crippen LogP contribution < -0.4 is 4.74 Å². The van der Waals surface area contributed by atoms with E-state index in [-0.39, 0.29) is 28.5 Å². The van der Waals surface area contributed by atoms with Gasteiger partial charge in [-0.2, -0.15) is 0 Å². The fraction of sp³-hybridized carbons (Fsp3) is 0.200. The van der Waals surface area contributed by atoms with Crippen LogP contribution in [0.25, 0.3) is 0 Å². The summed E-state index contributed by atoms with van der Waals surface area (Å²) in [5.41, 5.74) is 0.399. The highest BCUT2D eigenvalue weighted by molar-refractivity contribution is 6.31. The standard InChI is InChI=1S/C15H13ClF2O2/c1-9(19)11-6-5-10(7-15(11)18)20-8-12-13(16)3-2-4-14(12)17/h2-7,9,19H,8H2,1H3/t9-/m1/s1. The molecule has 0 heterocycles. The molecule has 2 aromatic carbocycles. The third-order valence-electron chi connectivity index (χ3n) is 2.87. The van der Waals surface area contributed by atoms with E-state index < -0.39 is 17.7 Å². The Labute approximate surface area is 120 Å². The van der Waals surface area contributed by atoms with Gasteiger partial charge in [-0.25, -0.2) is 8.78 Å². The summed E-state index contributed by atoms with van der Waals surface area (Å²) in [6.45, 7) is 1.37. The molecule has 0 amide bonds. The molecule has 2 aromatic rings. The summed E-state index contributed by atoms with van der Waals surface area (Å²) in [7, 11) is 0. The van der Waals surface area contributed by atoms with E-state index in [9.17, 15) is 13.9 Å². The molecule has 0 aliphatic heterocycles. The Hall–Kier alpha value is -1.65. The van der Waals surface area contributed by atoms with Crippen LogP contribution in [0.4, 0.5) is 8.78 Å². The van der Waals surface area contributed by atoms with Crippen molar-refractivity contribution in [2.45, 2.75) is 19.6 Å². The van der Waals surface area contributed by atoms with Crippen LogP contribution in [0, 0.1) is 11.6 Å². The van der Waals surface area contributed by atoms with Crippen molar-refractivity contribution in [3.63, 3.8) is 0 Å². The summed E-state index contributed by atoms with van der Waals surface area (Å²) < 4.78 is 32.5. The van der Waals surface area contributed by atoms with Crippen LogP contribution in [-0.4, -0.2) is 5.11 Å². The summed E-state index contributed by atoms with van der Waals surface area (Å²) in [5, 5.41) is 9.58. The van der Waals surface area contributed by atoms with Crippen LogP contribution in [0.1, 0.15) is 24.2 Å². The number of rotatable bonds is 4. The highest BCUT2D eigenvalue weighted by Gasteiger charge is 2.11. The lowest BCUT2D eigenvalue weighted by molar-refractivity contribution is 0.194. The molecule has 20 heavy (non-hydrogen) atoms. The average Bonchev–Trinajstić information content (AvgIpc) is 2.37. The van der Waals surface area contributed by atoms with Crippen molar-refractivity contribution in [3.8, 4) is 5.75 Å². The molecule has 0 unspecified atom stereocenters. The van der Waals surface area contributed by atoms with Gasteiger partial charge in [0.25, 0.3) is 0 Å². The molecule has 0 aliphatic rings. The topological polar surface area (TPSA) is 29.5 Å². The van der Waals surface area contributed by atoms with Crippen molar-refractivity contribution >= 4 is 11.6 Å². The number of ether oxygens (including phenoxy) is 1. The zero-order chi connectivity index (χ0) is 14.7. The molecular weight excluding hydrogens is 286 g/mol. The third kappa shape index (κ3) is 3.26. The Morgan fingerprint density at radius 1 is 1.20 bits per heavy atom. The van der Waals surface area contributed by atoms with Crippen LogP contribution in [0.15, 0.2) is 36.4 Å². The predicted octanol–water partition coefficient (Wildman–Crippen LogP) is 4.25. The molecule has 0 radical (unpaired) electrons. The van der Waals surface area contributed by atoms with Gasteiger partial charge in [0, 0.05) is 17.2 Å². The van der Waals surface area contributed by atoms with Crippen molar-refractivity contribution < 1.29 is 18.6 Å². The van der Waals surface area contributed by atoms with Gasteiger partial charge in [0.2, 0.25) is 0 Å². The normalized spacial score (nSPS) is 12.2. The maximum absolute atomic E-state index is 13.6. The summed E-state index contributed by atoms with van der Waals surface area (Å²) in [6, 6.07) is 8.43. The van der Waals surface area contributed by atoms with Gasteiger partial charge in [-0.1, -0.05) is 17.7 Å². The molecule has 5 heteroatoms. The summed E-state index contributed by atoms with van der Waals surface area (Å²) in [4.78, 5) is 0. The van der Waals surface area contributed by atoms with Gasteiger partial charge >= 0.3 is 0 Å². The van der Waals surface area contributed by atoms with Crippen LogP contribution in [0.3, 0.4) is 0 Å². The lowest BCUT2D eigenvalue weighted by Crippen LogP contribution is -2.01. The smallest absolute Gasteiger partial charge is 0.132 e. The van der Waals surface area contributed by atoms with E-state index in [1.807, 2.05) is 0 Å². The Morgan fingerprint density at radius 3 is 2.55 bits per heavy atom. The molecule has 0 aromatic heterocycles. The Bertz CT molecular complexity index is 595. The van der Waals surface area contributed by atoms with Gasteiger partial charge < -0.3 is 9.84 Å². The summed E-state index contributed by atoms with van der Waals surface area (Å²) in [6.07, 6.45) is -0.898. The first-order valence-corrected chi connectivity index (χ1v) is 6.40. The molecule has 0 saturated heterocycles. The quantitative estimate of drug-likeness (QED) is 0.914. The van der Waals surface area contributed by atoms with Crippen molar-refractivity contribution in [2.75, 3.05) is 0 Å². The highest BCUT2D eigenvalue weighted by atomic mass is 35.5. The van der Waals surface area contributed by atoms with Crippen LogP contribution in [-0.2, 0) is 6.61 Å². The maximum atomic E-state index is 13.6. The average molecular weight is 299 g/mol. The fourth-order valence-electron chi connectivity index (χ4n) is 1.76. The zero-order valence-electron chi connectivity index (χ0n) is 10.7. The van der Waals surface area contributed by atoms with E-state index >= 15 is 0 Å². The SMILES string of the molecule is C[C@@H](O)c1ccc(OCc2c(F)cccc2Cl)cc1F. The van der Waals surface area contributed by atoms with Crippen LogP contribution in [0.2, 0.25) is 5.02 Å². The molecular formula is C15H13ClF2O2. The first-order chi connectivity index (χ1) is 9.49. The molecule has 0 saturated carbocycles. The number of benzene rings is 2. The second-order valence-corrected chi connectivity index (χ2v) is 4.76. The number of aliphatic hydroxyl groups excluding tert-OH is 1. The van der Waals surface area contributed by atoms with Gasteiger partial charge in [0.05, 0.1) is 11.1 Å². The molecule has 0 bridgehead atoms. The minimum atomic E-state index is -0.898. The Kier molecular flexibility index (Phi) is 4.57. The number of hydrogen-bond acceptors (Lipinski definition) is 2. The maximum Gasteiger partial charge on any atom is 0.132 e. The van der Waals surface area contributed by atoms with E-state index in [1.54, 1.807) is 6.07 Å². The number of halogens is 3. The van der Waals surface area contributed by atoms with Gasteiger partial charge in [0.1, 0.15) is 24.0 Å². The van der Waals surface area contributed by atoms with E-state index in [2.05, 4.69) is 0 Å². The van der Waals surface area contributed by atoms with Gasteiger partial charge in [-0.3, -0.25) is 0 Å². The fourth-order valence-corrected chi connectivity index (χ4v) is 1.98. The van der Waals surface area contributed by atoms with Gasteiger partial charge in [-0.15, -0.1) is 0 Å². The Morgan fingerprint density at radius 2 is 1.95 bits per heavy atom. The van der Waals surface area contributed by atoms with Gasteiger partial charge in [-0.05, 0) is 31.2 Å². The summed E-state index contributed by atoms with van der Waals surface area (Å²) >= 11 is 5.87. The molecule has 0 aliphatic carbocycles. The van der Waals surface area contributed by atoms with E-state index in [0.29, 0.717) is 0 Å². The zero-order valence-corrected chi connectivity index (χ0v) is 11.5. The third-order valence-corrected chi connectivity index (χ3v) is 3.22. The minimum absolute atomic E-state index is 0.0982. The molecule has 0 fully saturated rings. The molecule has 106 valence electrons. The van der Waals surface area contributed by atoms with Crippen molar-refractivity contribution in [1.82, 2.24) is 0 Å². The molecule has 0 spiro atoms. The van der Waals surface area contributed by atoms with E-state index in [4.69, 9.17) is 16.3 Å².